The van der Waals surface area contributed by atoms with Crippen molar-refractivity contribution in [1.29, 1.82) is 5.26 Å². The summed E-state index contributed by atoms with van der Waals surface area (Å²) in [6.07, 6.45) is 1.79. The monoisotopic (exact) mass is 322 g/mol. The lowest BCUT2D eigenvalue weighted by molar-refractivity contribution is -0.125. The molecule has 0 spiro atoms. The SMILES string of the molecule is N#Cc1ccccc1C#CC(=O)N1CCN(c2nccs2)CC1. The number of aromatic nitrogens is 1. The Morgan fingerprint density at radius 3 is 2.57 bits per heavy atom. The molecule has 1 aromatic carbocycles. The number of nitrogens with zero attached hydrogens (tertiary/aromatic N) is 4. The number of piperazine rings is 1. The predicted octanol–water partition coefficient (Wildman–Crippen LogP) is 1.72. The van der Waals surface area contributed by atoms with Crippen LogP contribution in [0.5, 0.6) is 0 Å². The normalized spacial score (nSPS) is 13.9. The van der Waals surface area contributed by atoms with Crippen molar-refractivity contribution in [3.8, 4) is 17.9 Å². The van der Waals surface area contributed by atoms with Crippen LogP contribution in [0.3, 0.4) is 0 Å². The number of benzene rings is 1. The van der Waals surface area contributed by atoms with E-state index < -0.39 is 0 Å². The van der Waals surface area contributed by atoms with E-state index in [1.165, 1.54) is 0 Å². The van der Waals surface area contributed by atoms with Crippen molar-refractivity contribution < 1.29 is 4.79 Å². The van der Waals surface area contributed by atoms with Gasteiger partial charge in [-0.05, 0) is 12.1 Å². The number of rotatable bonds is 1. The molecule has 1 aliphatic rings. The Balaban J connectivity index is 1.63. The quantitative estimate of drug-likeness (QED) is 0.750. The molecule has 1 aliphatic heterocycles. The molecule has 0 bridgehead atoms. The predicted molar refractivity (Wildman–Crippen MR) is 88.9 cm³/mol. The minimum Gasteiger partial charge on any atom is -0.345 e. The second-order valence-electron chi connectivity index (χ2n) is 5.00. The lowest BCUT2D eigenvalue weighted by Gasteiger charge is -2.33. The highest BCUT2D eigenvalue weighted by Gasteiger charge is 2.21. The van der Waals surface area contributed by atoms with E-state index in [1.54, 1.807) is 40.6 Å². The maximum absolute atomic E-state index is 12.2. The van der Waals surface area contributed by atoms with Gasteiger partial charge in [-0.2, -0.15) is 5.26 Å². The number of anilines is 1. The Labute approximate surface area is 138 Å². The maximum Gasteiger partial charge on any atom is 0.298 e. The largest absolute Gasteiger partial charge is 0.345 e. The van der Waals surface area contributed by atoms with Crippen molar-refractivity contribution in [1.82, 2.24) is 9.88 Å². The van der Waals surface area contributed by atoms with Crippen molar-refractivity contribution >= 4 is 22.4 Å². The third-order valence-corrected chi connectivity index (χ3v) is 4.44. The highest BCUT2D eigenvalue weighted by atomic mass is 32.1. The fourth-order valence-corrected chi connectivity index (χ4v) is 3.06. The summed E-state index contributed by atoms with van der Waals surface area (Å²) >= 11 is 1.60. The van der Waals surface area contributed by atoms with Crippen LogP contribution in [0, 0.1) is 23.2 Å². The fourth-order valence-electron chi connectivity index (χ4n) is 2.36. The zero-order chi connectivity index (χ0) is 16.1. The average molecular weight is 322 g/mol. The summed E-state index contributed by atoms with van der Waals surface area (Å²) < 4.78 is 0. The average Bonchev–Trinajstić information content (AvgIpc) is 3.14. The number of hydrogen-bond donors (Lipinski definition) is 0. The van der Waals surface area contributed by atoms with Gasteiger partial charge in [0.2, 0.25) is 0 Å². The van der Waals surface area contributed by atoms with Gasteiger partial charge in [0.15, 0.2) is 5.13 Å². The van der Waals surface area contributed by atoms with Crippen molar-refractivity contribution in [2.45, 2.75) is 0 Å². The molecule has 2 heterocycles. The van der Waals surface area contributed by atoms with Gasteiger partial charge in [0.05, 0.1) is 5.56 Å². The Hall–Kier alpha value is -2.83. The standard InChI is InChI=1S/C17H14N4OS/c18-13-15-4-2-1-3-14(15)5-6-16(22)20-8-10-21(11-9-20)17-19-7-12-23-17/h1-4,7,12H,8-11H2. The number of hydrogen-bond acceptors (Lipinski definition) is 5. The van der Waals surface area contributed by atoms with Crippen molar-refractivity contribution in [3.63, 3.8) is 0 Å². The smallest absolute Gasteiger partial charge is 0.298 e. The van der Waals surface area contributed by atoms with Crippen LogP contribution < -0.4 is 4.90 Å². The molecule has 1 saturated heterocycles. The summed E-state index contributed by atoms with van der Waals surface area (Å²) in [6, 6.07) is 9.11. The molecule has 3 rings (SSSR count). The summed E-state index contributed by atoms with van der Waals surface area (Å²) in [6.45, 7) is 2.78. The fraction of sp³-hybridized carbons (Fsp3) is 0.235. The zero-order valence-electron chi connectivity index (χ0n) is 12.4. The van der Waals surface area contributed by atoms with E-state index in [2.05, 4.69) is 27.8 Å². The topological polar surface area (TPSA) is 60.2 Å². The molecule has 23 heavy (non-hydrogen) atoms. The number of thiazole rings is 1. The molecule has 2 aromatic rings. The van der Waals surface area contributed by atoms with E-state index in [1.807, 2.05) is 11.4 Å². The van der Waals surface area contributed by atoms with E-state index in [9.17, 15) is 4.79 Å². The highest BCUT2D eigenvalue weighted by molar-refractivity contribution is 7.13. The third kappa shape index (κ3) is 3.50. The lowest BCUT2D eigenvalue weighted by atomic mass is 10.1. The maximum atomic E-state index is 12.2. The Morgan fingerprint density at radius 1 is 1.17 bits per heavy atom. The van der Waals surface area contributed by atoms with Gasteiger partial charge in [0.25, 0.3) is 5.91 Å². The van der Waals surface area contributed by atoms with Gasteiger partial charge >= 0.3 is 0 Å². The molecular formula is C17H14N4OS. The van der Waals surface area contributed by atoms with Gasteiger partial charge in [-0.1, -0.05) is 18.1 Å². The molecule has 0 saturated carbocycles. The number of amides is 1. The minimum absolute atomic E-state index is 0.198. The molecule has 0 radical (unpaired) electrons. The lowest BCUT2D eigenvalue weighted by Crippen LogP contribution is -2.48. The summed E-state index contributed by atoms with van der Waals surface area (Å²) in [4.78, 5) is 20.4. The third-order valence-electron chi connectivity index (χ3n) is 3.61. The van der Waals surface area contributed by atoms with Crippen LogP contribution in [0.2, 0.25) is 0 Å². The first-order valence-electron chi connectivity index (χ1n) is 7.22. The molecule has 0 atom stereocenters. The Morgan fingerprint density at radius 2 is 1.91 bits per heavy atom. The second-order valence-corrected chi connectivity index (χ2v) is 5.87. The highest BCUT2D eigenvalue weighted by Crippen LogP contribution is 2.18. The molecule has 114 valence electrons. The number of carbonyl (C=O) groups is 1. The first kappa shape index (κ1) is 15.1. The van der Waals surface area contributed by atoms with Crippen LogP contribution in [-0.4, -0.2) is 42.0 Å². The summed E-state index contributed by atoms with van der Waals surface area (Å²) in [5.41, 5.74) is 1.08. The van der Waals surface area contributed by atoms with Gasteiger partial charge in [0.1, 0.15) is 6.07 Å². The van der Waals surface area contributed by atoms with Gasteiger partial charge in [-0.15, -0.1) is 11.3 Å². The van der Waals surface area contributed by atoms with Crippen LogP contribution in [0.4, 0.5) is 5.13 Å². The molecule has 0 N–H and O–H groups in total. The Kier molecular flexibility index (Phi) is 4.56. The van der Waals surface area contributed by atoms with Crippen molar-refractivity contribution in [2.75, 3.05) is 31.1 Å². The van der Waals surface area contributed by atoms with Gasteiger partial charge in [-0.3, -0.25) is 4.79 Å². The number of carbonyl (C=O) groups excluding carboxylic acids is 1. The second kappa shape index (κ2) is 6.95. The van der Waals surface area contributed by atoms with Crippen LogP contribution >= 0.6 is 11.3 Å². The molecule has 0 unspecified atom stereocenters. The van der Waals surface area contributed by atoms with Crippen LogP contribution in [0.15, 0.2) is 35.8 Å². The molecule has 6 heteroatoms. The number of nitriles is 1. The van der Waals surface area contributed by atoms with E-state index in [-0.39, 0.29) is 5.91 Å². The summed E-state index contributed by atoms with van der Waals surface area (Å²) in [5, 5.41) is 12.0. The Bertz CT molecular complexity index is 790. The molecule has 5 nitrogen and oxygen atoms in total. The van der Waals surface area contributed by atoms with Gasteiger partial charge in [-0.25, -0.2) is 4.98 Å². The van der Waals surface area contributed by atoms with E-state index in [0.29, 0.717) is 24.2 Å². The molecule has 0 aliphatic carbocycles. The molecule has 1 amide bonds. The van der Waals surface area contributed by atoms with Crippen LogP contribution in [0.1, 0.15) is 11.1 Å². The van der Waals surface area contributed by atoms with Crippen LogP contribution in [0.25, 0.3) is 0 Å². The molecular weight excluding hydrogens is 308 g/mol. The van der Waals surface area contributed by atoms with E-state index >= 15 is 0 Å². The first-order valence-corrected chi connectivity index (χ1v) is 8.10. The summed E-state index contributed by atoms with van der Waals surface area (Å²) in [5.74, 6) is 5.26. The van der Waals surface area contributed by atoms with Gasteiger partial charge < -0.3 is 9.80 Å². The van der Waals surface area contributed by atoms with E-state index in [0.717, 1.165) is 18.2 Å². The van der Waals surface area contributed by atoms with Gasteiger partial charge in [0, 0.05) is 49.2 Å². The zero-order valence-corrected chi connectivity index (χ0v) is 13.2. The van der Waals surface area contributed by atoms with E-state index in [4.69, 9.17) is 5.26 Å². The van der Waals surface area contributed by atoms with Crippen LogP contribution in [-0.2, 0) is 4.79 Å². The molecule has 1 fully saturated rings. The minimum atomic E-state index is -0.198. The van der Waals surface area contributed by atoms with Crippen molar-refractivity contribution in [3.05, 3.63) is 47.0 Å². The molecule has 1 aromatic heterocycles. The first-order chi connectivity index (χ1) is 11.3. The summed E-state index contributed by atoms with van der Waals surface area (Å²) in [7, 11) is 0. The van der Waals surface area contributed by atoms with Crippen molar-refractivity contribution in [2.24, 2.45) is 0 Å².